The maximum atomic E-state index is 11.4. The molecule has 0 radical (unpaired) electrons. The molecule has 3 aromatic carbocycles. The minimum absolute atomic E-state index is 0.404. The Kier molecular flexibility index (Phi) is 2.95. The number of aryl methyl sites for hydroxylation is 1. The largest absolute Gasteiger partial charge is 0.366 e. The number of primary amides is 1. The highest BCUT2D eigenvalue weighted by atomic mass is 16.1. The predicted octanol–water partition coefficient (Wildman–Crippen LogP) is 4.40. The monoisotopic (exact) mass is 300 g/mol. The second-order valence-corrected chi connectivity index (χ2v) is 5.78. The van der Waals surface area contributed by atoms with Crippen molar-refractivity contribution in [2.45, 2.75) is 6.92 Å². The minimum Gasteiger partial charge on any atom is -0.366 e. The predicted molar refractivity (Wildman–Crippen MR) is 94.5 cm³/mol. The summed E-state index contributed by atoms with van der Waals surface area (Å²) in [5, 5.41) is 3.45. The van der Waals surface area contributed by atoms with Gasteiger partial charge in [-0.15, -0.1) is 0 Å². The van der Waals surface area contributed by atoms with E-state index < -0.39 is 5.91 Å². The van der Waals surface area contributed by atoms with Crippen molar-refractivity contribution in [2.24, 2.45) is 5.73 Å². The Morgan fingerprint density at radius 3 is 2.57 bits per heavy atom. The van der Waals surface area contributed by atoms with Crippen LogP contribution in [0.1, 0.15) is 15.9 Å². The SMILES string of the molecule is Cc1c(-c2cccc3ccccc23)[nH]c2ccc(C(N)=O)cc12. The Morgan fingerprint density at radius 2 is 1.74 bits per heavy atom. The van der Waals surface area contributed by atoms with Gasteiger partial charge in [-0.1, -0.05) is 42.5 Å². The number of amides is 1. The summed E-state index contributed by atoms with van der Waals surface area (Å²) in [5.74, 6) is -0.404. The molecule has 0 aliphatic carbocycles. The number of aromatic nitrogens is 1. The van der Waals surface area contributed by atoms with Gasteiger partial charge in [0.2, 0.25) is 5.91 Å². The van der Waals surface area contributed by atoms with E-state index in [0.29, 0.717) is 5.56 Å². The van der Waals surface area contributed by atoms with Crippen molar-refractivity contribution in [3.05, 3.63) is 71.8 Å². The van der Waals surface area contributed by atoms with Gasteiger partial charge in [-0.3, -0.25) is 4.79 Å². The zero-order valence-corrected chi connectivity index (χ0v) is 12.8. The summed E-state index contributed by atoms with van der Waals surface area (Å²) in [6.45, 7) is 2.07. The Bertz CT molecular complexity index is 1050. The molecule has 1 aromatic heterocycles. The van der Waals surface area contributed by atoms with Crippen molar-refractivity contribution in [3.63, 3.8) is 0 Å². The van der Waals surface area contributed by atoms with E-state index in [4.69, 9.17) is 5.73 Å². The molecule has 3 nitrogen and oxygen atoms in total. The third-order valence-electron chi connectivity index (χ3n) is 4.40. The third kappa shape index (κ3) is 2.09. The molecule has 0 saturated heterocycles. The Labute approximate surface area is 133 Å². The van der Waals surface area contributed by atoms with Gasteiger partial charge in [0.15, 0.2) is 0 Å². The molecule has 4 rings (SSSR count). The molecule has 0 spiro atoms. The van der Waals surface area contributed by atoms with Crippen LogP contribution in [-0.2, 0) is 0 Å². The van der Waals surface area contributed by atoms with E-state index >= 15 is 0 Å². The molecule has 0 saturated carbocycles. The quantitative estimate of drug-likeness (QED) is 0.566. The molecule has 3 N–H and O–H groups in total. The second kappa shape index (κ2) is 4.99. The van der Waals surface area contributed by atoms with Crippen molar-refractivity contribution >= 4 is 27.6 Å². The maximum absolute atomic E-state index is 11.4. The summed E-state index contributed by atoms with van der Waals surface area (Å²) < 4.78 is 0. The molecular weight excluding hydrogens is 284 g/mol. The first-order chi connectivity index (χ1) is 11.1. The lowest BCUT2D eigenvalue weighted by molar-refractivity contribution is 0.100. The number of carbonyl (C=O) groups is 1. The van der Waals surface area contributed by atoms with Crippen molar-refractivity contribution in [3.8, 4) is 11.3 Å². The van der Waals surface area contributed by atoms with Crippen LogP contribution in [0.15, 0.2) is 60.7 Å². The summed E-state index contributed by atoms with van der Waals surface area (Å²) in [6, 6.07) is 20.2. The summed E-state index contributed by atoms with van der Waals surface area (Å²) in [5.41, 5.74) is 10.3. The van der Waals surface area contributed by atoms with Crippen LogP contribution >= 0.6 is 0 Å². The maximum Gasteiger partial charge on any atom is 0.248 e. The molecule has 0 fully saturated rings. The number of H-pyrrole nitrogens is 1. The van der Waals surface area contributed by atoms with Crippen LogP contribution in [0.4, 0.5) is 0 Å². The number of nitrogens with one attached hydrogen (secondary N) is 1. The summed E-state index contributed by atoms with van der Waals surface area (Å²) in [4.78, 5) is 14.9. The average molecular weight is 300 g/mol. The highest BCUT2D eigenvalue weighted by Gasteiger charge is 2.13. The van der Waals surface area contributed by atoms with Gasteiger partial charge in [0.25, 0.3) is 0 Å². The van der Waals surface area contributed by atoms with Gasteiger partial charge in [-0.2, -0.15) is 0 Å². The van der Waals surface area contributed by atoms with E-state index in [1.54, 1.807) is 6.07 Å². The zero-order valence-electron chi connectivity index (χ0n) is 12.8. The van der Waals surface area contributed by atoms with Crippen LogP contribution in [-0.4, -0.2) is 10.9 Å². The standard InChI is InChI=1S/C20H16N2O/c1-12-17-11-14(20(21)23)9-10-18(17)22-19(12)16-8-4-6-13-5-2-3-7-15(13)16/h2-11,22H,1H3,(H2,21,23). The fraction of sp³-hybridized carbons (Fsp3) is 0.0500. The summed E-state index contributed by atoms with van der Waals surface area (Å²) >= 11 is 0. The van der Waals surface area contributed by atoms with Crippen molar-refractivity contribution in [1.82, 2.24) is 4.98 Å². The molecule has 0 aliphatic rings. The molecule has 0 aliphatic heterocycles. The van der Waals surface area contributed by atoms with Crippen LogP contribution in [0.5, 0.6) is 0 Å². The van der Waals surface area contributed by atoms with Crippen LogP contribution < -0.4 is 5.73 Å². The lowest BCUT2D eigenvalue weighted by atomic mass is 9.99. The first kappa shape index (κ1) is 13.6. The first-order valence-electron chi connectivity index (χ1n) is 7.55. The zero-order chi connectivity index (χ0) is 16.0. The Balaban J connectivity index is 2.01. The van der Waals surface area contributed by atoms with Crippen LogP contribution in [0.3, 0.4) is 0 Å². The van der Waals surface area contributed by atoms with Crippen LogP contribution in [0.25, 0.3) is 32.9 Å². The minimum atomic E-state index is -0.404. The molecule has 1 amide bonds. The van der Waals surface area contributed by atoms with Crippen molar-refractivity contribution < 1.29 is 4.79 Å². The van der Waals surface area contributed by atoms with E-state index in [0.717, 1.165) is 27.7 Å². The topological polar surface area (TPSA) is 58.9 Å². The Hall–Kier alpha value is -3.07. The number of benzene rings is 3. The number of fused-ring (bicyclic) bond motifs is 2. The highest BCUT2D eigenvalue weighted by Crippen LogP contribution is 2.34. The summed E-state index contributed by atoms with van der Waals surface area (Å²) in [7, 11) is 0. The number of hydrogen-bond acceptors (Lipinski definition) is 1. The molecule has 0 atom stereocenters. The Morgan fingerprint density at radius 1 is 0.957 bits per heavy atom. The molecule has 112 valence electrons. The lowest BCUT2D eigenvalue weighted by Gasteiger charge is -2.06. The first-order valence-corrected chi connectivity index (χ1v) is 7.55. The molecule has 0 bridgehead atoms. The smallest absolute Gasteiger partial charge is 0.248 e. The normalized spacial score (nSPS) is 11.2. The van der Waals surface area contributed by atoms with Crippen LogP contribution in [0, 0.1) is 6.92 Å². The van der Waals surface area contributed by atoms with Crippen LogP contribution in [0.2, 0.25) is 0 Å². The number of hydrogen-bond donors (Lipinski definition) is 2. The van der Waals surface area contributed by atoms with E-state index in [2.05, 4.69) is 48.3 Å². The van der Waals surface area contributed by atoms with E-state index in [1.165, 1.54) is 10.8 Å². The fourth-order valence-corrected chi connectivity index (χ4v) is 3.19. The van der Waals surface area contributed by atoms with Gasteiger partial charge in [0, 0.05) is 22.0 Å². The van der Waals surface area contributed by atoms with Gasteiger partial charge >= 0.3 is 0 Å². The van der Waals surface area contributed by atoms with Crippen molar-refractivity contribution in [2.75, 3.05) is 0 Å². The average Bonchev–Trinajstić information content (AvgIpc) is 2.90. The van der Waals surface area contributed by atoms with E-state index in [1.807, 2.05) is 18.2 Å². The highest BCUT2D eigenvalue weighted by molar-refractivity contribution is 6.03. The van der Waals surface area contributed by atoms with Gasteiger partial charge in [-0.25, -0.2) is 0 Å². The molecule has 23 heavy (non-hydrogen) atoms. The van der Waals surface area contributed by atoms with E-state index in [-0.39, 0.29) is 0 Å². The van der Waals surface area contributed by atoms with E-state index in [9.17, 15) is 4.79 Å². The molecule has 1 heterocycles. The number of rotatable bonds is 2. The van der Waals surface area contributed by atoms with Gasteiger partial charge in [0.1, 0.15) is 0 Å². The fourth-order valence-electron chi connectivity index (χ4n) is 3.19. The van der Waals surface area contributed by atoms with Gasteiger partial charge in [-0.05, 0) is 41.5 Å². The molecule has 4 aromatic rings. The third-order valence-corrected chi connectivity index (χ3v) is 4.40. The van der Waals surface area contributed by atoms with Gasteiger partial charge in [0.05, 0.1) is 5.69 Å². The second-order valence-electron chi connectivity index (χ2n) is 5.78. The van der Waals surface area contributed by atoms with Crippen molar-refractivity contribution in [1.29, 1.82) is 0 Å². The van der Waals surface area contributed by atoms with Gasteiger partial charge < -0.3 is 10.7 Å². The number of aromatic amines is 1. The lowest BCUT2D eigenvalue weighted by Crippen LogP contribution is -2.10. The summed E-state index contributed by atoms with van der Waals surface area (Å²) in [6.07, 6.45) is 0. The molecular formula is C20H16N2O. The molecule has 0 unspecified atom stereocenters. The molecule has 3 heteroatoms. The number of carbonyl (C=O) groups excluding carboxylic acids is 1. The number of nitrogens with two attached hydrogens (primary N) is 1.